The highest BCUT2D eigenvalue weighted by atomic mass is 127. The van der Waals surface area contributed by atoms with Gasteiger partial charge in [0.1, 0.15) is 5.76 Å². The third kappa shape index (κ3) is 7.27. The van der Waals surface area contributed by atoms with E-state index in [9.17, 15) is 13.2 Å². The van der Waals surface area contributed by atoms with Crippen LogP contribution in [0.2, 0.25) is 0 Å². The van der Waals surface area contributed by atoms with Crippen molar-refractivity contribution in [3.63, 3.8) is 0 Å². The van der Waals surface area contributed by atoms with E-state index < -0.39 is 11.7 Å². The van der Waals surface area contributed by atoms with E-state index in [1.807, 2.05) is 13.8 Å². The molecule has 0 fully saturated rings. The minimum absolute atomic E-state index is 0. The van der Waals surface area contributed by atoms with E-state index in [0.29, 0.717) is 18.1 Å². The van der Waals surface area contributed by atoms with E-state index in [1.165, 1.54) is 6.07 Å². The minimum atomic E-state index is -4.38. The highest BCUT2D eigenvalue weighted by molar-refractivity contribution is 14.0. The average Bonchev–Trinajstić information content (AvgIpc) is 3.09. The van der Waals surface area contributed by atoms with Crippen LogP contribution < -0.4 is 10.6 Å². The number of aryl methyl sites for hydroxylation is 2. The molecule has 29 heavy (non-hydrogen) atoms. The third-order valence-electron chi connectivity index (χ3n) is 4.03. The van der Waals surface area contributed by atoms with Gasteiger partial charge in [-0.15, -0.1) is 24.0 Å². The van der Waals surface area contributed by atoms with Crippen LogP contribution >= 0.6 is 24.0 Å². The van der Waals surface area contributed by atoms with Crippen molar-refractivity contribution in [1.82, 2.24) is 15.8 Å². The van der Waals surface area contributed by atoms with Gasteiger partial charge in [0.05, 0.1) is 17.8 Å². The molecule has 0 aliphatic carbocycles. The zero-order valence-electron chi connectivity index (χ0n) is 16.5. The lowest BCUT2D eigenvalue weighted by molar-refractivity contribution is -0.137. The van der Waals surface area contributed by atoms with E-state index in [1.54, 1.807) is 13.1 Å². The van der Waals surface area contributed by atoms with Crippen molar-refractivity contribution in [2.24, 2.45) is 4.99 Å². The first-order chi connectivity index (χ1) is 13.4. The van der Waals surface area contributed by atoms with E-state index in [4.69, 9.17) is 4.52 Å². The first-order valence-electron chi connectivity index (χ1n) is 8.95. The molecule has 5 nitrogen and oxygen atoms in total. The van der Waals surface area contributed by atoms with Crippen LogP contribution in [0.25, 0.3) is 0 Å². The van der Waals surface area contributed by atoms with Crippen LogP contribution in [-0.2, 0) is 25.6 Å². The van der Waals surface area contributed by atoms with Gasteiger partial charge in [-0.05, 0) is 24.6 Å². The van der Waals surface area contributed by atoms with E-state index in [-0.39, 0.29) is 30.5 Å². The largest absolute Gasteiger partial charge is 0.416 e. The molecule has 0 aliphatic rings. The molecule has 2 N–H and O–H groups in total. The Labute approximate surface area is 185 Å². The van der Waals surface area contributed by atoms with Crippen LogP contribution in [0, 0.1) is 11.8 Å². The van der Waals surface area contributed by atoms with Crippen LogP contribution in [0.15, 0.2) is 33.8 Å². The Morgan fingerprint density at radius 3 is 2.59 bits per heavy atom. The smallest absolute Gasteiger partial charge is 0.361 e. The predicted molar refractivity (Wildman–Crippen MR) is 117 cm³/mol. The molecule has 2 rings (SSSR count). The Morgan fingerprint density at radius 2 is 1.97 bits per heavy atom. The summed E-state index contributed by atoms with van der Waals surface area (Å²) < 4.78 is 43.5. The van der Waals surface area contributed by atoms with Crippen molar-refractivity contribution in [1.29, 1.82) is 0 Å². The second-order valence-corrected chi connectivity index (χ2v) is 5.90. The monoisotopic (exact) mass is 520 g/mol. The Hall–Kier alpha value is -2.22. The first kappa shape index (κ1) is 24.8. The maximum Gasteiger partial charge on any atom is 0.416 e. The molecule has 0 saturated heterocycles. The van der Waals surface area contributed by atoms with Crippen LogP contribution in [0.4, 0.5) is 13.2 Å². The number of guanidine groups is 1. The number of aromatic nitrogens is 1. The molecule has 0 saturated carbocycles. The number of hydrogen-bond acceptors (Lipinski definition) is 3. The predicted octanol–water partition coefficient (Wildman–Crippen LogP) is 4.15. The highest BCUT2D eigenvalue weighted by Gasteiger charge is 2.30. The fraction of sp³-hybridized carbons (Fsp3) is 0.400. The summed E-state index contributed by atoms with van der Waals surface area (Å²) in [6.45, 7) is 4.76. The quantitative estimate of drug-likeness (QED) is 0.269. The Kier molecular flexibility index (Phi) is 10.0. The molecule has 1 aromatic carbocycles. The molecule has 0 bridgehead atoms. The van der Waals surface area contributed by atoms with Crippen molar-refractivity contribution in [3.05, 3.63) is 52.4 Å². The second-order valence-electron chi connectivity index (χ2n) is 5.90. The van der Waals surface area contributed by atoms with Crippen LogP contribution in [0.1, 0.15) is 42.0 Å². The van der Waals surface area contributed by atoms with Crippen molar-refractivity contribution in [3.8, 4) is 11.8 Å². The molecule has 0 spiro atoms. The fourth-order valence-electron chi connectivity index (χ4n) is 2.58. The molecule has 158 valence electrons. The van der Waals surface area contributed by atoms with Gasteiger partial charge in [0.2, 0.25) is 0 Å². The molecule has 1 aromatic heterocycles. The summed E-state index contributed by atoms with van der Waals surface area (Å²) in [5, 5.41) is 10.3. The normalized spacial score (nSPS) is 11.3. The van der Waals surface area contributed by atoms with E-state index in [0.717, 1.165) is 42.0 Å². The van der Waals surface area contributed by atoms with Crippen LogP contribution in [0.3, 0.4) is 0 Å². The Morgan fingerprint density at radius 1 is 1.21 bits per heavy atom. The highest BCUT2D eigenvalue weighted by Crippen LogP contribution is 2.29. The van der Waals surface area contributed by atoms with Crippen LogP contribution in [0.5, 0.6) is 0 Å². The average molecular weight is 520 g/mol. The summed E-state index contributed by atoms with van der Waals surface area (Å²) in [6.07, 6.45) is -2.86. The number of halogens is 4. The van der Waals surface area contributed by atoms with Gasteiger partial charge in [-0.25, -0.2) is 0 Å². The lowest BCUT2D eigenvalue weighted by atomic mass is 10.1. The number of nitrogens with one attached hydrogen (secondary N) is 2. The van der Waals surface area contributed by atoms with Crippen molar-refractivity contribution < 1.29 is 17.7 Å². The molecular weight excluding hydrogens is 496 g/mol. The number of rotatable bonds is 5. The zero-order chi connectivity index (χ0) is 20.6. The summed E-state index contributed by atoms with van der Waals surface area (Å²) >= 11 is 0. The SMILES string of the molecule is CCc1noc(CC)c1CNC(=NC)NCC#Cc1cccc(C(F)(F)F)c1.I. The molecular formula is C20H24F3IN4O. The summed E-state index contributed by atoms with van der Waals surface area (Å²) in [6, 6.07) is 4.94. The molecule has 0 unspecified atom stereocenters. The van der Waals surface area contributed by atoms with Gasteiger partial charge in [-0.3, -0.25) is 4.99 Å². The molecule has 2 aromatic rings. The molecule has 0 amide bonds. The number of benzene rings is 1. The number of alkyl halides is 3. The molecule has 0 atom stereocenters. The Balaban J connectivity index is 0.00000420. The fourth-order valence-corrected chi connectivity index (χ4v) is 2.58. The summed E-state index contributed by atoms with van der Waals surface area (Å²) in [5.41, 5.74) is 1.52. The van der Waals surface area contributed by atoms with Crippen molar-refractivity contribution in [2.75, 3.05) is 13.6 Å². The molecule has 0 radical (unpaired) electrons. The topological polar surface area (TPSA) is 62.5 Å². The van der Waals surface area contributed by atoms with Gasteiger partial charge < -0.3 is 15.2 Å². The molecule has 0 aliphatic heterocycles. The third-order valence-corrected chi connectivity index (χ3v) is 4.03. The number of aliphatic imine (C=N–C) groups is 1. The summed E-state index contributed by atoms with van der Waals surface area (Å²) in [4.78, 5) is 4.12. The number of hydrogen-bond donors (Lipinski definition) is 2. The number of nitrogens with zero attached hydrogens (tertiary/aromatic N) is 2. The first-order valence-corrected chi connectivity index (χ1v) is 8.95. The summed E-state index contributed by atoms with van der Waals surface area (Å²) in [5.74, 6) is 6.89. The molecule has 9 heteroatoms. The lowest BCUT2D eigenvalue weighted by Crippen LogP contribution is -2.37. The van der Waals surface area contributed by atoms with Gasteiger partial charge in [0.15, 0.2) is 5.96 Å². The van der Waals surface area contributed by atoms with E-state index in [2.05, 4.69) is 32.6 Å². The maximum absolute atomic E-state index is 12.7. The Bertz CT molecular complexity index is 860. The van der Waals surface area contributed by atoms with E-state index >= 15 is 0 Å². The van der Waals surface area contributed by atoms with Gasteiger partial charge in [-0.2, -0.15) is 13.2 Å². The maximum atomic E-state index is 12.7. The zero-order valence-corrected chi connectivity index (χ0v) is 18.8. The van der Waals surface area contributed by atoms with Gasteiger partial charge in [0, 0.05) is 31.1 Å². The van der Waals surface area contributed by atoms with Crippen LogP contribution in [-0.4, -0.2) is 24.7 Å². The van der Waals surface area contributed by atoms with Crippen molar-refractivity contribution >= 4 is 29.9 Å². The lowest BCUT2D eigenvalue weighted by Gasteiger charge is -2.10. The van der Waals surface area contributed by atoms with Gasteiger partial charge in [-0.1, -0.05) is 36.9 Å². The minimum Gasteiger partial charge on any atom is -0.361 e. The van der Waals surface area contributed by atoms with Gasteiger partial charge >= 0.3 is 6.18 Å². The summed E-state index contributed by atoms with van der Waals surface area (Å²) in [7, 11) is 1.63. The second kappa shape index (κ2) is 11.7. The van der Waals surface area contributed by atoms with Gasteiger partial charge in [0.25, 0.3) is 0 Å². The standard InChI is InChI=1S/C20H23F3N4O.HI/c1-4-17-16(18(5-2)28-27-17)13-26-19(24-3)25-11-7-9-14-8-6-10-15(12-14)20(21,22)23;/h6,8,10,12H,4-5,11,13H2,1-3H3,(H2,24,25,26);1H. The van der Waals surface area contributed by atoms with Crippen molar-refractivity contribution in [2.45, 2.75) is 39.4 Å². The molecule has 1 heterocycles.